The molecular formula is C15H12N2O. The first-order chi connectivity index (χ1) is 8.86. The minimum atomic E-state index is 0.0736. The van der Waals surface area contributed by atoms with Crippen molar-refractivity contribution in [1.82, 2.24) is 9.97 Å². The number of rotatable bonds is 2. The molecule has 0 aliphatic carbocycles. The van der Waals surface area contributed by atoms with Gasteiger partial charge in [-0.05, 0) is 34.0 Å². The second-order valence-corrected chi connectivity index (χ2v) is 4.18. The van der Waals surface area contributed by atoms with Gasteiger partial charge in [0, 0.05) is 18.0 Å². The minimum Gasteiger partial charge on any atom is -0.392 e. The fourth-order valence-electron chi connectivity index (χ4n) is 2.02. The van der Waals surface area contributed by atoms with Crippen molar-refractivity contribution >= 4 is 10.8 Å². The first-order valence-corrected chi connectivity index (χ1v) is 5.76. The van der Waals surface area contributed by atoms with Crippen LogP contribution in [-0.2, 0) is 6.61 Å². The van der Waals surface area contributed by atoms with Crippen molar-refractivity contribution in [2.75, 3.05) is 0 Å². The molecule has 88 valence electrons. The molecule has 3 aromatic rings. The van der Waals surface area contributed by atoms with Crippen molar-refractivity contribution in [2.24, 2.45) is 0 Å². The van der Waals surface area contributed by atoms with Crippen LogP contribution >= 0.6 is 0 Å². The third-order valence-electron chi connectivity index (χ3n) is 2.98. The number of aliphatic hydroxyl groups excluding tert-OH is 1. The second-order valence-electron chi connectivity index (χ2n) is 4.18. The van der Waals surface area contributed by atoms with Crippen molar-refractivity contribution < 1.29 is 5.11 Å². The largest absolute Gasteiger partial charge is 0.392 e. The highest BCUT2D eigenvalue weighted by Gasteiger charge is 2.01. The van der Waals surface area contributed by atoms with Gasteiger partial charge in [0.15, 0.2) is 0 Å². The van der Waals surface area contributed by atoms with Crippen LogP contribution in [0.2, 0.25) is 0 Å². The molecular weight excluding hydrogens is 224 g/mol. The van der Waals surface area contributed by atoms with E-state index in [4.69, 9.17) is 5.11 Å². The van der Waals surface area contributed by atoms with E-state index in [0.717, 1.165) is 27.5 Å². The summed E-state index contributed by atoms with van der Waals surface area (Å²) in [5, 5.41) is 11.4. The fourth-order valence-corrected chi connectivity index (χ4v) is 2.02. The maximum Gasteiger partial charge on any atom is 0.115 e. The number of hydrogen-bond acceptors (Lipinski definition) is 3. The van der Waals surface area contributed by atoms with E-state index in [9.17, 15) is 0 Å². The van der Waals surface area contributed by atoms with E-state index in [0.29, 0.717) is 0 Å². The van der Waals surface area contributed by atoms with Crippen LogP contribution < -0.4 is 0 Å². The molecule has 0 bridgehead atoms. The molecule has 0 aliphatic rings. The molecule has 1 N–H and O–H groups in total. The predicted octanol–water partition coefficient (Wildman–Crippen LogP) is 2.79. The smallest absolute Gasteiger partial charge is 0.115 e. The van der Waals surface area contributed by atoms with Gasteiger partial charge in [0.1, 0.15) is 6.33 Å². The molecule has 0 spiro atoms. The molecule has 2 aromatic carbocycles. The molecule has 0 radical (unpaired) electrons. The maximum absolute atomic E-state index is 9.11. The number of nitrogens with zero attached hydrogens (tertiary/aromatic N) is 2. The number of aromatic nitrogens is 2. The number of hydrogen-bond donors (Lipinski definition) is 1. The van der Waals surface area contributed by atoms with Gasteiger partial charge in [-0.2, -0.15) is 0 Å². The Labute approximate surface area is 105 Å². The van der Waals surface area contributed by atoms with Gasteiger partial charge < -0.3 is 5.11 Å². The lowest BCUT2D eigenvalue weighted by Gasteiger charge is -2.04. The summed E-state index contributed by atoms with van der Waals surface area (Å²) in [6.07, 6.45) is 5.13. The first kappa shape index (κ1) is 10.9. The van der Waals surface area contributed by atoms with Crippen LogP contribution in [0.25, 0.3) is 21.9 Å². The van der Waals surface area contributed by atoms with E-state index in [-0.39, 0.29) is 6.61 Å². The lowest BCUT2D eigenvalue weighted by Crippen LogP contribution is -1.85. The third kappa shape index (κ3) is 1.96. The molecule has 1 heterocycles. The van der Waals surface area contributed by atoms with E-state index in [1.807, 2.05) is 24.3 Å². The summed E-state index contributed by atoms with van der Waals surface area (Å²) < 4.78 is 0. The molecule has 0 atom stereocenters. The average Bonchev–Trinajstić information content (AvgIpc) is 2.47. The molecule has 0 amide bonds. The zero-order valence-corrected chi connectivity index (χ0v) is 9.74. The first-order valence-electron chi connectivity index (χ1n) is 5.76. The Morgan fingerprint density at radius 2 is 1.56 bits per heavy atom. The van der Waals surface area contributed by atoms with Crippen LogP contribution in [0.4, 0.5) is 0 Å². The fraction of sp³-hybridized carbons (Fsp3) is 0.0667. The molecule has 3 heteroatoms. The van der Waals surface area contributed by atoms with Gasteiger partial charge in [-0.15, -0.1) is 0 Å². The Balaban J connectivity index is 2.12. The summed E-state index contributed by atoms with van der Waals surface area (Å²) >= 11 is 0. The van der Waals surface area contributed by atoms with Crippen LogP contribution in [0.5, 0.6) is 0 Å². The third-order valence-corrected chi connectivity index (χ3v) is 2.98. The molecule has 18 heavy (non-hydrogen) atoms. The van der Waals surface area contributed by atoms with Gasteiger partial charge in [-0.1, -0.05) is 24.3 Å². The van der Waals surface area contributed by atoms with Gasteiger partial charge in [0.25, 0.3) is 0 Å². The summed E-state index contributed by atoms with van der Waals surface area (Å²) in [5.74, 6) is 0. The van der Waals surface area contributed by atoms with Gasteiger partial charge in [0.2, 0.25) is 0 Å². The lowest BCUT2D eigenvalue weighted by molar-refractivity contribution is 0.282. The van der Waals surface area contributed by atoms with Crippen molar-refractivity contribution in [3.8, 4) is 11.1 Å². The Hall–Kier alpha value is -2.26. The summed E-state index contributed by atoms with van der Waals surface area (Å²) in [6, 6.07) is 12.2. The Bertz CT molecular complexity index is 680. The van der Waals surface area contributed by atoms with Crippen LogP contribution in [0.1, 0.15) is 5.56 Å². The number of fused-ring (bicyclic) bond motifs is 1. The standard InChI is InChI=1S/C15H12N2O/c18-9-11-1-2-13-6-14(4-3-12(13)5-11)15-7-16-10-17-8-15/h1-8,10,18H,9H2. The lowest BCUT2D eigenvalue weighted by atomic mass is 10.0. The monoisotopic (exact) mass is 236 g/mol. The topological polar surface area (TPSA) is 46.0 Å². The van der Waals surface area contributed by atoms with Gasteiger partial charge >= 0.3 is 0 Å². The van der Waals surface area contributed by atoms with Gasteiger partial charge in [-0.25, -0.2) is 9.97 Å². The Kier molecular flexibility index (Phi) is 2.74. The van der Waals surface area contributed by atoms with Crippen molar-refractivity contribution in [2.45, 2.75) is 6.61 Å². The zero-order valence-electron chi connectivity index (χ0n) is 9.74. The van der Waals surface area contributed by atoms with Crippen molar-refractivity contribution in [3.63, 3.8) is 0 Å². The Morgan fingerprint density at radius 3 is 2.33 bits per heavy atom. The number of benzene rings is 2. The van der Waals surface area contributed by atoms with Gasteiger partial charge in [0.05, 0.1) is 6.61 Å². The highest BCUT2D eigenvalue weighted by molar-refractivity contribution is 5.87. The minimum absolute atomic E-state index is 0.0736. The molecule has 3 nitrogen and oxygen atoms in total. The maximum atomic E-state index is 9.11. The summed E-state index contributed by atoms with van der Waals surface area (Å²) in [7, 11) is 0. The van der Waals surface area contributed by atoms with E-state index >= 15 is 0 Å². The highest BCUT2D eigenvalue weighted by Crippen LogP contribution is 2.24. The molecule has 0 saturated heterocycles. The Morgan fingerprint density at radius 1 is 0.833 bits per heavy atom. The van der Waals surface area contributed by atoms with E-state index < -0.39 is 0 Å². The van der Waals surface area contributed by atoms with Crippen LogP contribution in [0.15, 0.2) is 55.1 Å². The molecule has 0 unspecified atom stereocenters. The second kappa shape index (κ2) is 4.55. The van der Waals surface area contributed by atoms with Crippen LogP contribution in [0.3, 0.4) is 0 Å². The molecule has 0 saturated carbocycles. The molecule has 1 aromatic heterocycles. The zero-order chi connectivity index (χ0) is 12.4. The van der Waals surface area contributed by atoms with E-state index in [1.165, 1.54) is 6.33 Å². The van der Waals surface area contributed by atoms with Crippen LogP contribution in [0, 0.1) is 0 Å². The quantitative estimate of drug-likeness (QED) is 0.744. The SMILES string of the molecule is OCc1ccc2cc(-c3cncnc3)ccc2c1. The highest BCUT2D eigenvalue weighted by atomic mass is 16.3. The van der Waals surface area contributed by atoms with E-state index in [1.54, 1.807) is 12.4 Å². The average molecular weight is 236 g/mol. The number of aliphatic hydroxyl groups is 1. The molecule has 3 rings (SSSR count). The van der Waals surface area contributed by atoms with E-state index in [2.05, 4.69) is 22.1 Å². The summed E-state index contributed by atoms with van der Waals surface area (Å²) in [5.41, 5.74) is 3.03. The normalized spacial score (nSPS) is 10.7. The van der Waals surface area contributed by atoms with Crippen molar-refractivity contribution in [3.05, 3.63) is 60.7 Å². The predicted molar refractivity (Wildman–Crippen MR) is 70.9 cm³/mol. The molecule has 0 fully saturated rings. The van der Waals surface area contributed by atoms with Gasteiger partial charge in [-0.3, -0.25) is 0 Å². The van der Waals surface area contributed by atoms with Crippen molar-refractivity contribution in [1.29, 1.82) is 0 Å². The molecule has 0 aliphatic heterocycles. The summed E-state index contributed by atoms with van der Waals surface area (Å²) in [4.78, 5) is 8.05. The summed E-state index contributed by atoms with van der Waals surface area (Å²) in [6.45, 7) is 0.0736. The van der Waals surface area contributed by atoms with Crippen LogP contribution in [-0.4, -0.2) is 15.1 Å².